The largest absolute Gasteiger partial charge is 0.375 e. The van der Waals surface area contributed by atoms with E-state index in [2.05, 4.69) is 34.9 Å². The molecule has 0 aromatic carbocycles. The minimum Gasteiger partial charge on any atom is -0.375 e. The van der Waals surface area contributed by atoms with Crippen molar-refractivity contribution in [1.29, 1.82) is 0 Å². The third-order valence-corrected chi connectivity index (χ3v) is 4.45. The van der Waals surface area contributed by atoms with Crippen molar-refractivity contribution in [2.45, 2.75) is 45.4 Å². The van der Waals surface area contributed by atoms with E-state index >= 15 is 0 Å². The fourth-order valence-corrected chi connectivity index (χ4v) is 3.45. The standard InChI is InChI=1S/C14H25N3OS/c1-3-6-17-7-5-16-14(17)10-12(15-4-2)13-11-19-9-8-18-13/h5,7,12-13,15H,3-4,6,8-11H2,1-2H3. The molecule has 0 amide bonds. The lowest BCUT2D eigenvalue weighted by Gasteiger charge is -2.30. The zero-order valence-corrected chi connectivity index (χ0v) is 12.8. The van der Waals surface area contributed by atoms with Crippen molar-refractivity contribution < 1.29 is 4.74 Å². The first kappa shape index (κ1) is 14.9. The van der Waals surface area contributed by atoms with Crippen LogP contribution in [0.4, 0.5) is 0 Å². The number of rotatable bonds is 7. The van der Waals surface area contributed by atoms with E-state index in [0.717, 1.165) is 44.0 Å². The molecule has 0 aliphatic carbocycles. The molecule has 1 fully saturated rings. The molecule has 0 radical (unpaired) electrons. The number of thioether (sulfide) groups is 1. The predicted octanol–water partition coefficient (Wildman–Crippen LogP) is 1.95. The van der Waals surface area contributed by atoms with Gasteiger partial charge < -0.3 is 14.6 Å². The van der Waals surface area contributed by atoms with Crippen LogP contribution in [0, 0.1) is 0 Å². The molecule has 2 rings (SSSR count). The van der Waals surface area contributed by atoms with Crippen LogP contribution in [-0.4, -0.2) is 46.4 Å². The van der Waals surface area contributed by atoms with Crippen molar-refractivity contribution >= 4 is 11.8 Å². The summed E-state index contributed by atoms with van der Waals surface area (Å²) in [5, 5.41) is 3.57. The van der Waals surface area contributed by atoms with Crippen LogP contribution in [0.5, 0.6) is 0 Å². The molecule has 5 heteroatoms. The fourth-order valence-electron chi connectivity index (χ4n) is 2.51. The average molecular weight is 283 g/mol. The second kappa shape index (κ2) is 7.92. The first-order valence-corrected chi connectivity index (χ1v) is 8.43. The number of aromatic nitrogens is 2. The smallest absolute Gasteiger partial charge is 0.110 e. The lowest BCUT2D eigenvalue weighted by molar-refractivity contribution is 0.0469. The third-order valence-electron chi connectivity index (χ3n) is 3.43. The molecule has 1 N–H and O–H groups in total. The number of ether oxygens (including phenoxy) is 1. The van der Waals surface area contributed by atoms with Gasteiger partial charge in [-0.2, -0.15) is 11.8 Å². The van der Waals surface area contributed by atoms with Gasteiger partial charge in [-0.1, -0.05) is 13.8 Å². The van der Waals surface area contributed by atoms with Crippen molar-refractivity contribution in [1.82, 2.24) is 14.9 Å². The number of aryl methyl sites for hydroxylation is 1. The Kier molecular flexibility index (Phi) is 6.20. The molecule has 0 spiro atoms. The zero-order chi connectivity index (χ0) is 13.5. The van der Waals surface area contributed by atoms with Crippen molar-refractivity contribution in [3.8, 4) is 0 Å². The van der Waals surface area contributed by atoms with E-state index < -0.39 is 0 Å². The quantitative estimate of drug-likeness (QED) is 0.830. The lowest BCUT2D eigenvalue weighted by atomic mass is 10.1. The maximum absolute atomic E-state index is 5.92. The van der Waals surface area contributed by atoms with E-state index in [1.54, 1.807) is 0 Å². The molecule has 1 aliphatic rings. The molecule has 2 unspecified atom stereocenters. The van der Waals surface area contributed by atoms with Gasteiger partial charge >= 0.3 is 0 Å². The second-order valence-electron chi connectivity index (χ2n) is 4.89. The van der Waals surface area contributed by atoms with Crippen LogP contribution in [0.3, 0.4) is 0 Å². The summed E-state index contributed by atoms with van der Waals surface area (Å²) in [6.07, 6.45) is 6.39. The highest BCUT2D eigenvalue weighted by atomic mass is 32.2. The summed E-state index contributed by atoms with van der Waals surface area (Å²) in [6, 6.07) is 0.371. The molecule has 1 aliphatic heterocycles. The summed E-state index contributed by atoms with van der Waals surface area (Å²) >= 11 is 1.99. The monoisotopic (exact) mass is 283 g/mol. The third kappa shape index (κ3) is 4.23. The molecule has 1 aromatic heterocycles. The summed E-state index contributed by atoms with van der Waals surface area (Å²) in [4.78, 5) is 4.51. The number of imidazole rings is 1. The highest BCUT2D eigenvalue weighted by Crippen LogP contribution is 2.18. The predicted molar refractivity (Wildman–Crippen MR) is 80.8 cm³/mol. The van der Waals surface area contributed by atoms with Gasteiger partial charge in [0.05, 0.1) is 12.7 Å². The van der Waals surface area contributed by atoms with Crippen molar-refractivity contribution in [3.63, 3.8) is 0 Å². The van der Waals surface area contributed by atoms with Gasteiger partial charge in [-0.15, -0.1) is 0 Å². The minimum atomic E-state index is 0.311. The van der Waals surface area contributed by atoms with E-state index in [0.29, 0.717) is 12.1 Å². The van der Waals surface area contributed by atoms with Gasteiger partial charge in [-0.05, 0) is 13.0 Å². The first-order valence-electron chi connectivity index (χ1n) is 7.27. The summed E-state index contributed by atoms with van der Waals surface area (Å²) in [5.41, 5.74) is 0. The summed E-state index contributed by atoms with van der Waals surface area (Å²) in [5.74, 6) is 3.39. The molecule has 2 heterocycles. The number of nitrogens with zero attached hydrogens (tertiary/aromatic N) is 2. The van der Waals surface area contributed by atoms with Crippen molar-refractivity contribution in [2.75, 3.05) is 24.7 Å². The van der Waals surface area contributed by atoms with Crippen LogP contribution in [0.25, 0.3) is 0 Å². The number of nitrogens with one attached hydrogen (secondary N) is 1. The highest BCUT2D eigenvalue weighted by Gasteiger charge is 2.25. The van der Waals surface area contributed by atoms with E-state index in [1.807, 2.05) is 18.0 Å². The van der Waals surface area contributed by atoms with E-state index in [1.165, 1.54) is 5.82 Å². The van der Waals surface area contributed by atoms with Crippen LogP contribution in [0.1, 0.15) is 26.1 Å². The van der Waals surface area contributed by atoms with Crippen LogP contribution in [-0.2, 0) is 17.7 Å². The lowest BCUT2D eigenvalue weighted by Crippen LogP contribution is -2.46. The molecular formula is C14H25N3OS. The molecule has 108 valence electrons. The Balaban J connectivity index is 2.00. The topological polar surface area (TPSA) is 39.1 Å². The number of hydrogen-bond donors (Lipinski definition) is 1. The van der Waals surface area contributed by atoms with E-state index in [4.69, 9.17) is 4.74 Å². The summed E-state index contributed by atoms with van der Waals surface area (Å²) in [7, 11) is 0. The van der Waals surface area contributed by atoms with E-state index in [9.17, 15) is 0 Å². The Labute approximate surface area is 120 Å². The Bertz CT molecular complexity index is 363. The Morgan fingerprint density at radius 1 is 1.58 bits per heavy atom. The van der Waals surface area contributed by atoms with E-state index in [-0.39, 0.29) is 0 Å². The maximum Gasteiger partial charge on any atom is 0.110 e. The second-order valence-corrected chi connectivity index (χ2v) is 6.04. The molecule has 0 saturated carbocycles. The van der Waals surface area contributed by atoms with Gasteiger partial charge in [0.2, 0.25) is 0 Å². The maximum atomic E-state index is 5.92. The van der Waals surface area contributed by atoms with Crippen molar-refractivity contribution in [3.05, 3.63) is 18.2 Å². The first-order chi connectivity index (χ1) is 9.35. The van der Waals surface area contributed by atoms with Gasteiger partial charge in [0.25, 0.3) is 0 Å². The molecule has 0 bridgehead atoms. The Morgan fingerprint density at radius 2 is 2.47 bits per heavy atom. The van der Waals surface area contributed by atoms with Crippen LogP contribution in [0.2, 0.25) is 0 Å². The van der Waals surface area contributed by atoms with Crippen LogP contribution in [0.15, 0.2) is 12.4 Å². The summed E-state index contributed by atoms with van der Waals surface area (Å²) < 4.78 is 8.19. The Morgan fingerprint density at radius 3 is 3.16 bits per heavy atom. The summed E-state index contributed by atoms with van der Waals surface area (Å²) in [6.45, 7) is 7.26. The minimum absolute atomic E-state index is 0.311. The molecule has 1 aromatic rings. The molecular weight excluding hydrogens is 258 g/mol. The number of hydrogen-bond acceptors (Lipinski definition) is 4. The molecule has 4 nitrogen and oxygen atoms in total. The number of likely N-dealkylation sites (N-methyl/N-ethyl adjacent to an activating group) is 1. The van der Waals surface area contributed by atoms with Gasteiger partial charge in [0, 0.05) is 42.9 Å². The van der Waals surface area contributed by atoms with Crippen LogP contribution < -0.4 is 5.32 Å². The normalized spacial score (nSPS) is 21.5. The van der Waals surface area contributed by atoms with Gasteiger partial charge in [-0.25, -0.2) is 4.98 Å². The Hall–Kier alpha value is -0.520. The van der Waals surface area contributed by atoms with Gasteiger partial charge in [0.15, 0.2) is 0 Å². The van der Waals surface area contributed by atoms with Crippen molar-refractivity contribution in [2.24, 2.45) is 0 Å². The molecule has 1 saturated heterocycles. The molecule has 2 atom stereocenters. The highest BCUT2D eigenvalue weighted by molar-refractivity contribution is 7.99. The zero-order valence-electron chi connectivity index (χ0n) is 12.0. The van der Waals surface area contributed by atoms with Gasteiger partial charge in [0.1, 0.15) is 5.82 Å². The fraction of sp³-hybridized carbons (Fsp3) is 0.786. The molecule has 19 heavy (non-hydrogen) atoms. The SMILES string of the molecule is CCCn1ccnc1CC(NCC)C1CSCCO1. The average Bonchev–Trinajstić information content (AvgIpc) is 2.87. The van der Waals surface area contributed by atoms with Gasteiger partial charge in [-0.3, -0.25) is 0 Å². The van der Waals surface area contributed by atoms with Crippen LogP contribution >= 0.6 is 11.8 Å².